The van der Waals surface area contributed by atoms with Gasteiger partial charge in [-0.1, -0.05) is 0 Å². The van der Waals surface area contributed by atoms with E-state index in [0.29, 0.717) is 4.57 Å². The molecule has 1 saturated heterocycles. The lowest BCUT2D eigenvalue weighted by molar-refractivity contribution is -0.157. The summed E-state index contributed by atoms with van der Waals surface area (Å²) in [4.78, 5) is 75.3. The van der Waals surface area contributed by atoms with Crippen molar-refractivity contribution in [2.45, 2.75) is 38.4 Å². The minimum absolute atomic E-state index is 0.221. The highest BCUT2D eigenvalue weighted by molar-refractivity contribution is 7.66. The van der Waals surface area contributed by atoms with Crippen molar-refractivity contribution in [1.29, 1.82) is 0 Å². The minimum Gasteiger partial charge on any atom is -0.463 e. The molecule has 198 valence electrons. The number of esters is 2. The molecule has 1 fully saturated rings. The Bertz CT molecular complexity index is 1160. The number of nitrogen functional groups attached to an aromatic ring is 1. The third kappa shape index (κ3) is 8.86. The molecule has 6 N–H and O–H groups in total. The van der Waals surface area contributed by atoms with Gasteiger partial charge < -0.3 is 39.5 Å². The summed E-state index contributed by atoms with van der Waals surface area (Å²) in [5, 5.41) is 0. The molecule has 0 radical (unpaired) electrons. The summed E-state index contributed by atoms with van der Waals surface area (Å²) in [6.07, 6.45) is -5.86. The fraction of sp³-hybridized carbons (Fsp3) is 0.538. The predicted molar refractivity (Wildman–Crippen MR) is 108 cm³/mol. The van der Waals surface area contributed by atoms with Gasteiger partial charge in [-0.05, 0) is 6.07 Å². The lowest BCUT2D eigenvalue weighted by Crippen LogP contribution is -2.40. The number of hydrogen-bond acceptors (Lipinski definition) is 14. The van der Waals surface area contributed by atoms with E-state index in [1.165, 1.54) is 0 Å². The van der Waals surface area contributed by atoms with Crippen LogP contribution in [0.5, 0.6) is 0 Å². The summed E-state index contributed by atoms with van der Waals surface area (Å²) in [6.45, 7) is 1.34. The third-order valence-electron chi connectivity index (χ3n) is 3.83. The molecule has 1 aliphatic heterocycles. The Morgan fingerprint density at radius 2 is 1.71 bits per heavy atom. The first kappa shape index (κ1) is 29.2. The largest absolute Gasteiger partial charge is 0.490 e. The fourth-order valence-corrected chi connectivity index (χ4v) is 5.98. The number of ether oxygens (including phenoxy) is 3. The average Bonchev–Trinajstić information content (AvgIpc) is 2.93. The van der Waals surface area contributed by atoms with Gasteiger partial charge in [0, 0.05) is 20.0 Å². The van der Waals surface area contributed by atoms with Crippen molar-refractivity contribution in [3.05, 3.63) is 22.7 Å². The van der Waals surface area contributed by atoms with Crippen molar-refractivity contribution >= 4 is 41.2 Å². The molecule has 1 aromatic rings. The molecular formula is C13H20N3O16P3. The molecule has 1 aromatic heterocycles. The molecule has 0 saturated carbocycles. The molecule has 22 heteroatoms. The maximum atomic E-state index is 12.4. The second-order valence-corrected chi connectivity index (χ2v) is 11.0. The first-order chi connectivity index (χ1) is 15.9. The molecule has 0 aliphatic carbocycles. The van der Waals surface area contributed by atoms with Crippen LogP contribution in [-0.4, -0.2) is 66.0 Å². The number of nitrogens with zero attached hydrogens (tertiary/aromatic N) is 2. The Morgan fingerprint density at radius 3 is 2.23 bits per heavy atom. The van der Waals surface area contributed by atoms with Gasteiger partial charge in [0.05, 0.1) is 0 Å². The highest BCUT2D eigenvalue weighted by atomic mass is 31.3. The lowest BCUT2D eigenvalue weighted by atomic mass is 10.1. The number of phosphoric ester groups is 1. The normalized spacial score (nSPS) is 25.9. The van der Waals surface area contributed by atoms with Gasteiger partial charge in [-0.2, -0.15) is 13.6 Å². The number of phosphoric acid groups is 3. The predicted octanol–water partition coefficient (Wildman–Crippen LogP) is -1.07. The van der Waals surface area contributed by atoms with E-state index in [1.807, 2.05) is 0 Å². The first-order valence-corrected chi connectivity index (χ1v) is 13.5. The van der Waals surface area contributed by atoms with Gasteiger partial charge in [0.2, 0.25) is 0 Å². The van der Waals surface area contributed by atoms with Crippen LogP contribution >= 0.6 is 23.5 Å². The number of rotatable bonds is 10. The van der Waals surface area contributed by atoms with Crippen molar-refractivity contribution in [2.24, 2.45) is 0 Å². The molecule has 35 heavy (non-hydrogen) atoms. The standard InChI is InChI=1S/C13H20N3O16P3/c1-6(17)27-5-8-10(28-7(2)18)11(12(29-8)16-4-3-9(14)15-13(16)19)30-34(23,24)32-35(25,26)31-33(20,21)22/h3-4,8,10-12H,5H2,1-2H3,(H,23,24)(H,25,26)(H2,14,15,19)(H2,20,21,22)/t8-,10-,11-,12-/m1/s1. The van der Waals surface area contributed by atoms with Gasteiger partial charge in [0.25, 0.3) is 0 Å². The van der Waals surface area contributed by atoms with Crippen LogP contribution in [0.4, 0.5) is 5.82 Å². The summed E-state index contributed by atoms with van der Waals surface area (Å²) in [7, 11) is -17.4. The summed E-state index contributed by atoms with van der Waals surface area (Å²) >= 11 is 0. The average molecular weight is 567 g/mol. The van der Waals surface area contributed by atoms with Gasteiger partial charge in [-0.3, -0.25) is 18.7 Å². The van der Waals surface area contributed by atoms with E-state index < -0.39 is 72.2 Å². The molecule has 19 nitrogen and oxygen atoms in total. The van der Waals surface area contributed by atoms with Crippen molar-refractivity contribution < 1.29 is 70.2 Å². The molecule has 0 spiro atoms. The van der Waals surface area contributed by atoms with Gasteiger partial charge in [0.15, 0.2) is 18.4 Å². The summed E-state index contributed by atoms with van der Waals surface area (Å²) in [5.74, 6) is -2.01. The molecule has 0 bridgehead atoms. The van der Waals surface area contributed by atoms with Crippen LogP contribution in [0.1, 0.15) is 20.1 Å². The van der Waals surface area contributed by atoms with Gasteiger partial charge >= 0.3 is 41.1 Å². The smallest absolute Gasteiger partial charge is 0.463 e. The zero-order valence-corrected chi connectivity index (χ0v) is 20.4. The SMILES string of the molecule is CC(=O)OC[C@H]1O[C@@H](n2ccc(N)nc2=O)[C@H](OP(=O)(O)OP(=O)(O)OP(=O)(O)O)[C@@H]1OC(C)=O. The second kappa shape index (κ2) is 10.9. The van der Waals surface area contributed by atoms with Crippen LogP contribution in [0.3, 0.4) is 0 Å². The highest BCUT2D eigenvalue weighted by Gasteiger charge is 2.54. The zero-order chi connectivity index (χ0) is 26.8. The van der Waals surface area contributed by atoms with E-state index in [1.54, 1.807) is 0 Å². The van der Waals surface area contributed by atoms with Crippen LogP contribution in [0.15, 0.2) is 17.1 Å². The number of hydrogen-bond donors (Lipinski definition) is 5. The Morgan fingerprint density at radius 1 is 1.09 bits per heavy atom. The molecule has 2 unspecified atom stereocenters. The van der Waals surface area contributed by atoms with E-state index in [0.717, 1.165) is 26.1 Å². The third-order valence-corrected chi connectivity index (χ3v) is 7.67. The quantitative estimate of drug-likeness (QED) is 0.166. The Balaban J connectivity index is 2.47. The molecule has 0 aromatic carbocycles. The van der Waals surface area contributed by atoms with Crippen LogP contribution in [-0.2, 0) is 50.6 Å². The molecule has 2 heterocycles. The summed E-state index contributed by atoms with van der Waals surface area (Å²) < 4.78 is 63.1. The van der Waals surface area contributed by atoms with Crippen molar-refractivity contribution in [3.63, 3.8) is 0 Å². The van der Waals surface area contributed by atoms with E-state index in [4.69, 9.17) is 34.3 Å². The van der Waals surface area contributed by atoms with Crippen LogP contribution < -0.4 is 11.4 Å². The topological polar surface area (TPSA) is 283 Å². The Hall–Kier alpha value is -2.01. The molecular weight excluding hydrogens is 547 g/mol. The number of nitrogens with two attached hydrogens (primary N) is 1. The second-order valence-electron chi connectivity index (χ2n) is 6.64. The molecule has 1 aliphatic rings. The van der Waals surface area contributed by atoms with E-state index in [-0.39, 0.29) is 5.82 Å². The maximum Gasteiger partial charge on any atom is 0.490 e. The molecule has 0 amide bonds. The number of carbonyl (C=O) groups is 2. The van der Waals surface area contributed by atoms with E-state index in [9.17, 15) is 37.9 Å². The van der Waals surface area contributed by atoms with Gasteiger partial charge in [-0.25, -0.2) is 18.5 Å². The van der Waals surface area contributed by atoms with Crippen molar-refractivity contribution in [2.75, 3.05) is 12.3 Å². The highest BCUT2D eigenvalue weighted by Crippen LogP contribution is 2.67. The first-order valence-electron chi connectivity index (χ1n) is 9.02. The molecule has 2 rings (SSSR count). The fourth-order valence-electron chi connectivity index (χ4n) is 2.78. The van der Waals surface area contributed by atoms with Crippen molar-refractivity contribution in [1.82, 2.24) is 9.55 Å². The lowest BCUT2D eigenvalue weighted by Gasteiger charge is -2.26. The Kier molecular flexibility index (Phi) is 9.14. The number of carbonyl (C=O) groups excluding carboxylic acids is 2. The summed E-state index contributed by atoms with van der Waals surface area (Å²) in [6, 6.07) is 1.12. The van der Waals surface area contributed by atoms with Gasteiger partial charge in [0.1, 0.15) is 18.5 Å². The maximum absolute atomic E-state index is 12.4. The van der Waals surface area contributed by atoms with Crippen LogP contribution in [0.2, 0.25) is 0 Å². The zero-order valence-electron chi connectivity index (χ0n) is 17.7. The monoisotopic (exact) mass is 567 g/mol. The van der Waals surface area contributed by atoms with E-state index >= 15 is 0 Å². The van der Waals surface area contributed by atoms with Gasteiger partial charge in [-0.15, -0.1) is 0 Å². The Labute approximate surface area is 195 Å². The summed E-state index contributed by atoms with van der Waals surface area (Å²) in [5.41, 5.74) is 4.34. The van der Waals surface area contributed by atoms with E-state index in [2.05, 4.69) is 13.6 Å². The van der Waals surface area contributed by atoms with Crippen LogP contribution in [0, 0.1) is 0 Å². The number of aromatic nitrogens is 2. The minimum atomic E-state index is -5.91. The molecule has 6 atom stereocenters. The number of anilines is 1. The van der Waals surface area contributed by atoms with Crippen molar-refractivity contribution in [3.8, 4) is 0 Å². The van der Waals surface area contributed by atoms with Crippen LogP contribution in [0.25, 0.3) is 0 Å².